The van der Waals surface area contributed by atoms with Crippen LogP contribution in [0.3, 0.4) is 0 Å². The van der Waals surface area contributed by atoms with E-state index in [2.05, 4.69) is 16.3 Å². The molecular formula is C18H28ClFN2. The number of nitrogens with zero attached hydrogens (tertiary/aromatic N) is 1. The van der Waals surface area contributed by atoms with E-state index in [1.165, 1.54) is 37.7 Å². The van der Waals surface area contributed by atoms with E-state index >= 15 is 0 Å². The molecule has 0 amide bonds. The summed E-state index contributed by atoms with van der Waals surface area (Å²) in [7, 11) is 0. The van der Waals surface area contributed by atoms with Crippen molar-refractivity contribution in [3.63, 3.8) is 0 Å². The lowest BCUT2D eigenvalue weighted by atomic mass is 9.80. The van der Waals surface area contributed by atoms with Gasteiger partial charge in [-0.1, -0.05) is 31.4 Å². The predicted octanol–water partition coefficient (Wildman–Crippen LogP) is 4.08. The van der Waals surface area contributed by atoms with Gasteiger partial charge in [0.2, 0.25) is 0 Å². The lowest BCUT2D eigenvalue weighted by molar-refractivity contribution is 0.103. The van der Waals surface area contributed by atoms with E-state index in [0.29, 0.717) is 12.0 Å². The average molecular weight is 327 g/mol. The summed E-state index contributed by atoms with van der Waals surface area (Å²) < 4.78 is 14.0. The van der Waals surface area contributed by atoms with Gasteiger partial charge in [-0.05, 0) is 42.9 Å². The Bertz CT molecular complexity index is 450. The number of halogens is 2. The molecule has 3 rings (SSSR count). The number of hydrogen-bond donors (Lipinski definition) is 1. The van der Waals surface area contributed by atoms with Crippen molar-refractivity contribution >= 4 is 12.4 Å². The second kappa shape index (κ2) is 8.28. The fourth-order valence-corrected chi connectivity index (χ4v) is 3.98. The lowest BCUT2D eigenvalue weighted by Gasteiger charge is -2.41. The van der Waals surface area contributed by atoms with Crippen LogP contribution in [0.25, 0.3) is 0 Å². The van der Waals surface area contributed by atoms with Gasteiger partial charge in [0.25, 0.3) is 0 Å². The largest absolute Gasteiger partial charge is 0.314 e. The fraction of sp³-hybridized carbons (Fsp3) is 0.667. The van der Waals surface area contributed by atoms with Crippen molar-refractivity contribution in [1.29, 1.82) is 0 Å². The molecule has 0 bridgehead atoms. The fourth-order valence-electron chi connectivity index (χ4n) is 3.98. The highest BCUT2D eigenvalue weighted by atomic mass is 35.5. The molecule has 22 heavy (non-hydrogen) atoms. The molecule has 1 saturated heterocycles. The molecule has 1 aromatic rings. The number of piperazine rings is 1. The predicted molar refractivity (Wildman–Crippen MR) is 92.1 cm³/mol. The zero-order chi connectivity index (χ0) is 14.7. The highest BCUT2D eigenvalue weighted by Gasteiger charge is 2.31. The third-order valence-electron chi connectivity index (χ3n) is 5.18. The van der Waals surface area contributed by atoms with Gasteiger partial charge < -0.3 is 5.32 Å². The first kappa shape index (κ1) is 17.7. The van der Waals surface area contributed by atoms with Crippen molar-refractivity contribution < 1.29 is 4.39 Å². The Kier molecular flexibility index (Phi) is 6.66. The minimum atomic E-state index is -0.0524. The number of aryl methyl sites for hydroxylation is 1. The van der Waals surface area contributed by atoms with E-state index in [-0.39, 0.29) is 18.2 Å². The van der Waals surface area contributed by atoms with Crippen molar-refractivity contribution in [3.8, 4) is 0 Å². The summed E-state index contributed by atoms with van der Waals surface area (Å²) in [5.41, 5.74) is 1.94. The normalized spacial score (nSPS) is 22.1. The maximum absolute atomic E-state index is 14.0. The van der Waals surface area contributed by atoms with Crippen LogP contribution in [0.2, 0.25) is 0 Å². The number of rotatable bonds is 3. The van der Waals surface area contributed by atoms with Crippen LogP contribution >= 0.6 is 12.4 Å². The van der Waals surface area contributed by atoms with Crippen molar-refractivity contribution in [1.82, 2.24) is 10.2 Å². The van der Waals surface area contributed by atoms with E-state index in [1.54, 1.807) is 6.07 Å². The summed E-state index contributed by atoms with van der Waals surface area (Å²) in [5.74, 6) is 0.641. The molecule has 1 heterocycles. The topological polar surface area (TPSA) is 15.3 Å². The third-order valence-corrected chi connectivity index (χ3v) is 5.18. The molecule has 2 fully saturated rings. The van der Waals surface area contributed by atoms with Crippen LogP contribution in [0.5, 0.6) is 0 Å². The first-order chi connectivity index (χ1) is 10.3. The molecule has 0 spiro atoms. The maximum atomic E-state index is 14.0. The number of hydrogen-bond acceptors (Lipinski definition) is 2. The standard InChI is InChI=1S/C18H27FN2.ClH/c1-14-7-8-16(13-17(14)19)18(15-5-3-2-4-6-15)21-11-9-20-10-12-21;/h7-8,13,15,18,20H,2-6,9-12H2,1H3;1H/t18-;/m1./s1. The maximum Gasteiger partial charge on any atom is 0.126 e. The molecular weight excluding hydrogens is 299 g/mol. The number of nitrogens with one attached hydrogen (secondary N) is 1. The van der Waals surface area contributed by atoms with Crippen LogP contribution in [-0.2, 0) is 0 Å². The van der Waals surface area contributed by atoms with Crippen LogP contribution in [0.15, 0.2) is 18.2 Å². The van der Waals surface area contributed by atoms with Crippen LogP contribution in [0.1, 0.15) is 49.3 Å². The van der Waals surface area contributed by atoms with E-state index in [4.69, 9.17) is 0 Å². The van der Waals surface area contributed by atoms with Gasteiger partial charge in [-0.3, -0.25) is 4.90 Å². The second-order valence-electron chi connectivity index (χ2n) is 6.64. The van der Waals surface area contributed by atoms with Crippen LogP contribution in [-0.4, -0.2) is 31.1 Å². The Hall–Kier alpha value is -0.640. The van der Waals surface area contributed by atoms with Crippen molar-refractivity contribution in [3.05, 3.63) is 35.1 Å². The Morgan fingerprint density at radius 1 is 1.14 bits per heavy atom. The van der Waals surface area contributed by atoms with E-state index < -0.39 is 0 Å². The highest BCUT2D eigenvalue weighted by Crippen LogP contribution is 2.38. The molecule has 1 aliphatic carbocycles. The summed E-state index contributed by atoms with van der Waals surface area (Å²) in [4.78, 5) is 2.58. The van der Waals surface area contributed by atoms with Gasteiger partial charge in [-0.2, -0.15) is 0 Å². The van der Waals surface area contributed by atoms with Gasteiger partial charge in [0.15, 0.2) is 0 Å². The molecule has 0 unspecified atom stereocenters. The van der Waals surface area contributed by atoms with Crippen LogP contribution in [0, 0.1) is 18.7 Å². The molecule has 0 aromatic heterocycles. The van der Waals surface area contributed by atoms with Gasteiger partial charge in [-0.25, -0.2) is 4.39 Å². The zero-order valence-corrected chi connectivity index (χ0v) is 14.3. The van der Waals surface area contributed by atoms with Gasteiger partial charge in [-0.15, -0.1) is 12.4 Å². The Morgan fingerprint density at radius 3 is 2.45 bits per heavy atom. The minimum Gasteiger partial charge on any atom is -0.314 e. The summed E-state index contributed by atoms with van der Waals surface area (Å²) in [5, 5.41) is 3.43. The molecule has 0 radical (unpaired) electrons. The minimum absolute atomic E-state index is 0. The van der Waals surface area contributed by atoms with Crippen molar-refractivity contribution in [2.75, 3.05) is 26.2 Å². The third kappa shape index (κ3) is 4.01. The highest BCUT2D eigenvalue weighted by molar-refractivity contribution is 5.85. The summed E-state index contributed by atoms with van der Waals surface area (Å²) in [6.45, 7) is 6.11. The van der Waals surface area contributed by atoms with Gasteiger partial charge >= 0.3 is 0 Å². The van der Waals surface area contributed by atoms with Crippen molar-refractivity contribution in [2.45, 2.75) is 45.1 Å². The summed E-state index contributed by atoms with van der Waals surface area (Å²) >= 11 is 0. The van der Waals surface area contributed by atoms with Gasteiger partial charge in [0, 0.05) is 32.2 Å². The summed E-state index contributed by atoms with van der Waals surface area (Å²) in [6, 6.07) is 6.29. The molecule has 1 saturated carbocycles. The molecule has 1 atom stereocenters. The molecule has 124 valence electrons. The number of benzene rings is 1. The second-order valence-corrected chi connectivity index (χ2v) is 6.64. The van der Waals surface area contributed by atoms with Crippen LogP contribution in [0.4, 0.5) is 4.39 Å². The molecule has 1 N–H and O–H groups in total. The molecule has 1 aromatic carbocycles. The molecule has 2 nitrogen and oxygen atoms in total. The molecule has 2 aliphatic rings. The van der Waals surface area contributed by atoms with E-state index in [1.807, 2.05) is 13.0 Å². The molecule has 1 aliphatic heterocycles. The first-order valence-electron chi connectivity index (χ1n) is 8.46. The monoisotopic (exact) mass is 326 g/mol. The lowest BCUT2D eigenvalue weighted by Crippen LogP contribution is -2.47. The Balaban J connectivity index is 0.00000176. The smallest absolute Gasteiger partial charge is 0.126 e. The average Bonchev–Trinajstić information content (AvgIpc) is 2.53. The Morgan fingerprint density at radius 2 is 1.82 bits per heavy atom. The SMILES string of the molecule is Cc1ccc([C@@H](C2CCCCC2)N2CCNCC2)cc1F.Cl. The summed E-state index contributed by atoms with van der Waals surface area (Å²) in [6.07, 6.45) is 6.63. The quantitative estimate of drug-likeness (QED) is 0.900. The van der Waals surface area contributed by atoms with E-state index in [9.17, 15) is 4.39 Å². The zero-order valence-electron chi connectivity index (χ0n) is 13.5. The van der Waals surface area contributed by atoms with Crippen molar-refractivity contribution in [2.24, 2.45) is 5.92 Å². The van der Waals surface area contributed by atoms with E-state index in [0.717, 1.165) is 31.7 Å². The molecule has 4 heteroatoms. The first-order valence-corrected chi connectivity index (χ1v) is 8.46. The van der Waals surface area contributed by atoms with Gasteiger partial charge in [0.1, 0.15) is 5.82 Å². The Labute approximate surface area is 139 Å². The van der Waals surface area contributed by atoms with Gasteiger partial charge in [0.05, 0.1) is 0 Å². The van der Waals surface area contributed by atoms with Crippen LogP contribution < -0.4 is 5.32 Å².